The zero-order chi connectivity index (χ0) is 23.8. The average molecular weight is 461 g/mol. The summed E-state index contributed by atoms with van der Waals surface area (Å²) in [6, 6.07) is 9.99. The molecular weight excluding hydrogens is 437 g/mol. The predicted molar refractivity (Wildman–Crippen MR) is 125 cm³/mol. The average Bonchev–Trinajstić information content (AvgIpc) is 3.21. The number of fused-ring (bicyclic) bond motifs is 1. The molecular formula is C25H24FN5O3. The Morgan fingerprint density at radius 1 is 1.06 bits per heavy atom. The van der Waals surface area contributed by atoms with Crippen LogP contribution in [0.1, 0.15) is 22.8 Å². The van der Waals surface area contributed by atoms with Gasteiger partial charge >= 0.3 is 0 Å². The van der Waals surface area contributed by atoms with Crippen LogP contribution in [0.2, 0.25) is 0 Å². The smallest absolute Gasteiger partial charge is 0.260 e. The summed E-state index contributed by atoms with van der Waals surface area (Å²) in [6.07, 6.45) is 3.26. The lowest BCUT2D eigenvalue weighted by molar-refractivity contribution is -0.129. The number of carbonyl (C=O) groups is 2. The summed E-state index contributed by atoms with van der Waals surface area (Å²) in [7, 11) is 1.48. The number of amides is 2. The number of piperazine rings is 1. The minimum absolute atomic E-state index is 0.0853. The maximum atomic E-state index is 14.7. The predicted octanol–water partition coefficient (Wildman–Crippen LogP) is 3.12. The highest BCUT2D eigenvalue weighted by atomic mass is 19.1. The molecule has 0 bridgehead atoms. The summed E-state index contributed by atoms with van der Waals surface area (Å²) in [5.74, 6) is 0.294. The van der Waals surface area contributed by atoms with Gasteiger partial charge in [-0.05, 0) is 30.3 Å². The quantitative estimate of drug-likeness (QED) is 0.594. The topological polar surface area (TPSA) is 78.9 Å². The van der Waals surface area contributed by atoms with Crippen LogP contribution >= 0.6 is 0 Å². The molecule has 2 aliphatic heterocycles. The molecule has 2 amide bonds. The number of benzene rings is 1. The third-order valence-corrected chi connectivity index (χ3v) is 6.38. The minimum Gasteiger partial charge on any atom is -0.496 e. The van der Waals surface area contributed by atoms with E-state index in [9.17, 15) is 14.0 Å². The molecule has 0 spiro atoms. The van der Waals surface area contributed by atoms with Crippen LogP contribution in [0, 0.1) is 5.82 Å². The lowest BCUT2D eigenvalue weighted by Gasteiger charge is -2.35. The summed E-state index contributed by atoms with van der Waals surface area (Å²) < 4.78 is 20.1. The van der Waals surface area contributed by atoms with Crippen LogP contribution in [0.3, 0.4) is 0 Å². The largest absolute Gasteiger partial charge is 0.496 e. The summed E-state index contributed by atoms with van der Waals surface area (Å²) >= 11 is 0. The van der Waals surface area contributed by atoms with Crippen molar-refractivity contribution in [1.82, 2.24) is 14.9 Å². The molecule has 1 aromatic carbocycles. The molecule has 0 aliphatic carbocycles. The van der Waals surface area contributed by atoms with Gasteiger partial charge in [-0.25, -0.2) is 9.37 Å². The Bertz CT molecular complexity index is 1260. The minimum atomic E-state index is -0.460. The maximum absolute atomic E-state index is 14.7. The Hall–Kier alpha value is -4.01. The van der Waals surface area contributed by atoms with Crippen molar-refractivity contribution in [1.29, 1.82) is 0 Å². The van der Waals surface area contributed by atoms with Crippen molar-refractivity contribution in [3.8, 4) is 17.0 Å². The van der Waals surface area contributed by atoms with Crippen molar-refractivity contribution in [2.75, 3.05) is 43.1 Å². The number of carbonyl (C=O) groups excluding carboxylic acids is 2. The zero-order valence-corrected chi connectivity index (χ0v) is 19.0. The Morgan fingerprint density at radius 3 is 2.53 bits per heavy atom. The molecule has 0 radical (unpaired) electrons. The Balaban J connectivity index is 1.40. The number of methoxy groups -OCH3 is 1. The Kier molecular flexibility index (Phi) is 5.61. The van der Waals surface area contributed by atoms with E-state index in [1.807, 2.05) is 17.0 Å². The molecule has 174 valence electrons. The molecule has 1 fully saturated rings. The highest BCUT2D eigenvalue weighted by Crippen LogP contribution is 2.38. The first-order chi connectivity index (χ1) is 16.5. The number of halogens is 1. The standard InChI is InChI=1S/C25H24FN5O3/c1-16(32)29-10-12-30(13-11-29)17-6-7-22(28-14-17)31-15-19-18(25(31)33)8-9-27-24(19)23-20(26)4-3-5-21(23)34-2/h3-9,14H,10-13,15H2,1-2H3. The second-order valence-electron chi connectivity index (χ2n) is 8.26. The number of anilines is 2. The second kappa shape index (κ2) is 8.74. The molecule has 8 nitrogen and oxygen atoms in total. The molecule has 0 atom stereocenters. The maximum Gasteiger partial charge on any atom is 0.260 e. The van der Waals surface area contributed by atoms with E-state index in [0.29, 0.717) is 41.5 Å². The first-order valence-corrected chi connectivity index (χ1v) is 11.1. The van der Waals surface area contributed by atoms with Gasteiger partial charge in [-0.2, -0.15) is 0 Å². The van der Waals surface area contributed by atoms with Gasteiger partial charge in [0.2, 0.25) is 5.91 Å². The van der Waals surface area contributed by atoms with Gasteiger partial charge in [-0.1, -0.05) is 6.07 Å². The molecule has 9 heteroatoms. The number of nitrogens with zero attached hydrogens (tertiary/aromatic N) is 5. The van der Waals surface area contributed by atoms with Crippen LogP contribution in [0.5, 0.6) is 5.75 Å². The van der Waals surface area contributed by atoms with Crippen molar-refractivity contribution in [2.45, 2.75) is 13.5 Å². The second-order valence-corrected chi connectivity index (χ2v) is 8.26. The van der Waals surface area contributed by atoms with E-state index in [4.69, 9.17) is 4.74 Å². The molecule has 3 aromatic rings. The third kappa shape index (κ3) is 3.72. The highest BCUT2D eigenvalue weighted by Gasteiger charge is 2.33. The fraction of sp³-hybridized carbons (Fsp3) is 0.280. The van der Waals surface area contributed by atoms with Gasteiger partial charge < -0.3 is 14.5 Å². The summed E-state index contributed by atoms with van der Waals surface area (Å²) in [5.41, 5.74) is 2.69. The first kappa shape index (κ1) is 21.8. The third-order valence-electron chi connectivity index (χ3n) is 6.38. The molecule has 0 unspecified atom stereocenters. The van der Waals surface area contributed by atoms with Crippen LogP contribution in [0.4, 0.5) is 15.9 Å². The van der Waals surface area contributed by atoms with Gasteiger partial charge in [0.15, 0.2) is 0 Å². The fourth-order valence-electron chi connectivity index (χ4n) is 4.54. The van der Waals surface area contributed by atoms with Crippen molar-refractivity contribution < 1.29 is 18.7 Å². The van der Waals surface area contributed by atoms with Crippen LogP contribution in [0.15, 0.2) is 48.8 Å². The number of aromatic nitrogens is 2. The van der Waals surface area contributed by atoms with E-state index in [2.05, 4.69) is 14.9 Å². The number of rotatable bonds is 4. The monoisotopic (exact) mass is 461 g/mol. The lowest BCUT2D eigenvalue weighted by atomic mass is 10.0. The highest BCUT2D eigenvalue weighted by molar-refractivity contribution is 6.10. The van der Waals surface area contributed by atoms with E-state index in [1.54, 1.807) is 36.2 Å². The number of hydrogen-bond donors (Lipinski definition) is 0. The molecule has 5 rings (SSSR count). The van der Waals surface area contributed by atoms with E-state index in [-0.39, 0.29) is 23.9 Å². The summed E-state index contributed by atoms with van der Waals surface area (Å²) in [5, 5.41) is 0. The molecule has 1 saturated heterocycles. The first-order valence-electron chi connectivity index (χ1n) is 11.1. The SMILES string of the molecule is COc1cccc(F)c1-c1nccc2c1CN(c1ccc(N3CCN(C(C)=O)CC3)cn1)C2=O. The molecule has 0 N–H and O–H groups in total. The van der Waals surface area contributed by atoms with Crippen LogP contribution in [0.25, 0.3) is 11.3 Å². The van der Waals surface area contributed by atoms with Gasteiger partial charge in [-0.3, -0.25) is 19.5 Å². The Morgan fingerprint density at radius 2 is 1.85 bits per heavy atom. The van der Waals surface area contributed by atoms with Crippen molar-refractivity contribution in [3.05, 3.63) is 65.7 Å². The molecule has 0 saturated carbocycles. The normalized spacial score (nSPS) is 15.5. The van der Waals surface area contributed by atoms with Gasteiger partial charge in [0.05, 0.1) is 36.8 Å². The summed E-state index contributed by atoms with van der Waals surface area (Å²) in [6.45, 7) is 4.62. The van der Waals surface area contributed by atoms with Crippen molar-refractivity contribution in [2.24, 2.45) is 0 Å². The van der Waals surface area contributed by atoms with Gasteiger partial charge in [0.1, 0.15) is 17.4 Å². The number of pyridine rings is 2. The van der Waals surface area contributed by atoms with Gasteiger partial charge in [-0.15, -0.1) is 0 Å². The number of hydrogen-bond acceptors (Lipinski definition) is 6. The van der Waals surface area contributed by atoms with Crippen LogP contribution < -0.4 is 14.5 Å². The van der Waals surface area contributed by atoms with Crippen LogP contribution in [-0.4, -0.2) is 60.0 Å². The van der Waals surface area contributed by atoms with Gasteiger partial charge in [0, 0.05) is 50.4 Å². The van der Waals surface area contributed by atoms with Crippen molar-refractivity contribution in [3.63, 3.8) is 0 Å². The van der Waals surface area contributed by atoms with Crippen molar-refractivity contribution >= 4 is 23.3 Å². The lowest BCUT2D eigenvalue weighted by Crippen LogP contribution is -2.48. The van der Waals surface area contributed by atoms with E-state index in [0.717, 1.165) is 18.8 Å². The fourth-order valence-corrected chi connectivity index (χ4v) is 4.54. The molecule has 34 heavy (non-hydrogen) atoms. The number of ether oxygens (including phenoxy) is 1. The van der Waals surface area contributed by atoms with Crippen LogP contribution in [-0.2, 0) is 11.3 Å². The van der Waals surface area contributed by atoms with Gasteiger partial charge in [0.25, 0.3) is 5.91 Å². The zero-order valence-electron chi connectivity index (χ0n) is 19.0. The Labute approximate surface area is 196 Å². The van der Waals surface area contributed by atoms with E-state index < -0.39 is 5.82 Å². The van der Waals surface area contributed by atoms with E-state index >= 15 is 0 Å². The molecule has 2 aliphatic rings. The molecule has 2 aromatic heterocycles. The summed E-state index contributed by atoms with van der Waals surface area (Å²) in [4.78, 5) is 39.2. The van der Waals surface area contributed by atoms with E-state index in [1.165, 1.54) is 19.4 Å². The molecule has 4 heterocycles.